The third kappa shape index (κ3) is 3.02. The van der Waals surface area contributed by atoms with Crippen molar-refractivity contribution in [1.29, 1.82) is 0 Å². The first-order valence-corrected chi connectivity index (χ1v) is 10.4. The van der Waals surface area contributed by atoms with Gasteiger partial charge in [0, 0.05) is 28.2 Å². The summed E-state index contributed by atoms with van der Waals surface area (Å²) in [6, 6.07) is 7.89. The van der Waals surface area contributed by atoms with Crippen LogP contribution in [0.5, 0.6) is 0 Å². The number of furan rings is 1. The molecule has 9 heteroatoms. The zero-order valence-corrected chi connectivity index (χ0v) is 16.5. The summed E-state index contributed by atoms with van der Waals surface area (Å²) >= 11 is 2.61. The second-order valence-electron chi connectivity index (χ2n) is 6.64. The zero-order chi connectivity index (χ0) is 20.1. The van der Waals surface area contributed by atoms with Gasteiger partial charge < -0.3 is 20.0 Å². The van der Waals surface area contributed by atoms with Crippen molar-refractivity contribution in [3.8, 4) is 0 Å². The van der Waals surface area contributed by atoms with Crippen LogP contribution in [0.4, 0.5) is 10.1 Å². The van der Waals surface area contributed by atoms with Crippen molar-refractivity contribution < 1.29 is 18.4 Å². The van der Waals surface area contributed by atoms with Crippen LogP contribution >= 0.6 is 23.1 Å². The molecule has 29 heavy (non-hydrogen) atoms. The number of rotatable bonds is 4. The van der Waals surface area contributed by atoms with E-state index < -0.39 is 11.2 Å². The Morgan fingerprint density at radius 1 is 1.31 bits per heavy atom. The fourth-order valence-electron chi connectivity index (χ4n) is 3.43. The van der Waals surface area contributed by atoms with Gasteiger partial charge in [0.25, 0.3) is 5.91 Å². The van der Waals surface area contributed by atoms with Crippen LogP contribution in [0.1, 0.15) is 26.0 Å². The van der Waals surface area contributed by atoms with E-state index in [0.29, 0.717) is 28.1 Å². The number of nitrogens with two attached hydrogens (primary N) is 1. The van der Waals surface area contributed by atoms with E-state index in [1.807, 2.05) is 0 Å². The Morgan fingerprint density at radius 3 is 2.93 bits per heavy atom. The van der Waals surface area contributed by atoms with Crippen molar-refractivity contribution in [2.75, 3.05) is 4.90 Å². The molecule has 0 saturated heterocycles. The number of aromatic nitrogens is 1. The number of nitrogens with one attached hydrogen (secondary N) is 1. The fraction of sp³-hybridized carbons (Fsp3) is 0.100. The lowest BCUT2D eigenvalue weighted by Gasteiger charge is -2.31. The molecule has 0 bridgehead atoms. The minimum atomic E-state index is -0.579. The summed E-state index contributed by atoms with van der Waals surface area (Å²) in [7, 11) is 0. The van der Waals surface area contributed by atoms with Crippen LogP contribution in [-0.2, 0) is 11.3 Å². The molecule has 1 aliphatic heterocycles. The molecule has 6 nitrogen and oxygen atoms in total. The number of thiophene rings is 1. The maximum absolute atomic E-state index is 13.8. The number of hydrogen-bond donors (Lipinski definition) is 2. The summed E-state index contributed by atoms with van der Waals surface area (Å²) in [4.78, 5) is 30.3. The molecule has 4 heterocycles. The van der Waals surface area contributed by atoms with Gasteiger partial charge in [-0.2, -0.15) is 0 Å². The highest BCUT2D eigenvalue weighted by Crippen LogP contribution is 2.52. The van der Waals surface area contributed by atoms with Crippen molar-refractivity contribution >= 4 is 51.5 Å². The molecule has 1 atom stereocenters. The second kappa shape index (κ2) is 6.78. The van der Waals surface area contributed by atoms with Gasteiger partial charge in [0.15, 0.2) is 0 Å². The van der Waals surface area contributed by atoms with E-state index in [9.17, 15) is 14.0 Å². The van der Waals surface area contributed by atoms with Crippen molar-refractivity contribution in [2.45, 2.75) is 16.0 Å². The van der Waals surface area contributed by atoms with Crippen LogP contribution in [0.2, 0.25) is 0 Å². The highest BCUT2D eigenvalue weighted by molar-refractivity contribution is 8.02. The highest BCUT2D eigenvalue weighted by Gasteiger charge is 2.38. The molecule has 1 unspecified atom stereocenters. The van der Waals surface area contributed by atoms with Crippen molar-refractivity contribution in [3.05, 3.63) is 70.9 Å². The van der Waals surface area contributed by atoms with E-state index in [-0.39, 0.29) is 11.7 Å². The van der Waals surface area contributed by atoms with Gasteiger partial charge >= 0.3 is 0 Å². The van der Waals surface area contributed by atoms with Crippen LogP contribution in [-0.4, -0.2) is 16.8 Å². The Bertz CT molecular complexity index is 1250. The molecule has 3 aromatic heterocycles. The summed E-state index contributed by atoms with van der Waals surface area (Å²) in [5.41, 5.74) is 8.40. The molecular formula is C20H14FN3O3S2. The summed E-state index contributed by atoms with van der Waals surface area (Å²) < 4.78 is 19.8. The maximum Gasteiger partial charge on any atom is 0.258 e. The van der Waals surface area contributed by atoms with Crippen LogP contribution in [0.15, 0.2) is 57.7 Å². The largest absolute Gasteiger partial charge is 0.472 e. The molecule has 0 spiro atoms. The standard InChI is InChI=1S/C20H14FN3O3S2/c21-11-1-2-14-12(5-11)13(7-23-14)17-19(26)24(8-10-3-4-27-9-10)15-6-16(18(22)25)28-20(15)29-17/h1-7,9,17,23H,8H2,(H2,22,25). The number of hydrogen-bond acceptors (Lipinski definition) is 5. The van der Waals surface area contributed by atoms with E-state index in [4.69, 9.17) is 10.2 Å². The van der Waals surface area contributed by atoms with Gasteiger partial charge in [0.2, 0.25) is 5.91 Å². The van der Waals surface area contributed by atoms with Gasteiger partial charge in [-0.25, -0.2) is 4.39 Å². The normalized spacial score (nSPS) is 16.4. The Labute approximate surface area is 172 Å². The number of fused-ring (bicyclic) bond motifs is 2. The van der Waals surface area contributed by atoms with Gasteiger partial charge in [-0.3, -0.25) is 9.59 Å². The quantitative estimate of drug-likeness (QED) is 0.504. The SMILES string of the molecule is NC(=O)c1cc2c(s1)SC(c1c[nH]c3ccc(F)cc13)C(=O)N2Cc1ccoc1. The van der Waals surface area contributed by atoms with Crippen LogP contribution < -0.4 is 10.6 Å². The molecule has 1 aliphatic rings. The topological polar surface area (TPSA) is 92.3 Å². The zero-order valence-electron chi connectivity index (χ0n) is 14.8. The predicted octanol–water partition coefficient (Wildman–Crippen LogP) is 4.44. The van der Waals surface area contributed by atoms with Gasteiger partial charge in [-0.05, 0) is 30.3 Å². The number of H-pyrrole nitrogens is 1. The lowest BCUT2D eigenvalue weighted by molar-refractivity contribution is -0.118. The second-order valence-corrected chi connectivity index (χ2v) is 9.06. The number of nitrogens with zero attached hydrogens (tertiary/aromatic N) is 1. The number of primary amides is 1. The fourth-order valence-corrected chi connectivity index (χ4v) is 5.98. The smallest absolute Gasteiger partial charge is 0.258 e. The van der Waals surface area contributed by atoms with Crippen molar-refractivity contribution in [2.24, 2.45) is 5.73 Å². The number of thioether (sulfide) groups is 1. The third-order valence-electron chi connectivity index (χ3n) is 4.81. The van der Waals surface area contributed by atoms with Crippen molar-refractivity contribution in [3.63, 3.8) is 0 Å². The first kappa shape index (κ1) is 18.0. The molecule has 4 aromatic rings. The number of carbonyl (C=O) groups excluding carboxylic acids is 2. The number of halogens is 1. The summed E-state index contributed by atoms with van der Waals surface area (Å²) in [6.07, 6.45) is 4.86. The van der Waals surface area contributed by atoms with E-state index in [2.05, 4.69) is 4.98 Å². The minimum absolute atomic E-state index is 0.150. The molecule has 0 fully saturated rings. The number of anilines is 1. The molecule has 0 radical (unpaired) electrons. The van der Waals surface area contributed by atoms with Gasteiger partial charge in [0.1, 0.15) is 11.1 Å². The maximum atomic E-state index is 13.8. The Hall–Kier alpha value is -3.04. The monoisotopic (exact) mass is 427 g/mol. The van der Waals surface area contributed by atoms with Crippen LogP contribution in [0.3, 0.4) is 0 Å². The summed E-state index contributed by atoms with van der Waals surface area (Å²) in [5, 5.41) is 0.0820. The average molecular weight is 427 g/mol. The van der Waals surface area contributed by atoms with Crippen LogP contribution in [0, 0.1) is 5.82 Å². The molecule has 0 saturated carbocycles. The minimum Gasteiger partial charge on any atom is -0.472 e. The molecule has 5 rings (SSSR count). The van der Waals surface area contributed by atoms with Crippen LogP contribution in [0.25, 0.3) is 10.9 Å². The number of aromatic amines is 1. The Morgan fingerprint density at radius 2 is 2.17 bits per heavy atom. The van der Waals surface area contributed by atoms with Gasteiger partial charge in [-0.1, -0.05) is 11.8 Å². The Balaban J connectivity index is 1.62. The van der Waals surface area contributed by atoms with Gasteiger partial charge in [0.05, 0.1) is 33.8 Å². The first-order chi connectivity index (χ1) is 14.0. The third-order valence-corrected chi connectivity index (χ3v) is 7.39. The summed E-state index contributed by atoms with van der Waals surface area (Å²) in [6.45, 7) is 0.297. The lowest BCUT2D eigenvalue weighted by atomic mass is 10.1. The molecule has 0 aliphatic carbocycles. The predicted molar refractivity (Wildman–Crippen MR) is 110 cm³/mol. The van der Waals surface area contributed by atoms with E-state index in [0.717, 1.165) is 15.3 Å². The number of amides is 2. The molecule has 1 aromatic carbocycles. The summed E-state index contributed by atoms with van der Waals surface area (Å²) in [5.74, 6) is -1.05. The number of benzene rings is 1. The van der Waals surface area contributed by atoms with E-state index in [1.54, 1.807) is 41.8 Å². The molecule has 146 valence electrons. The highest BCUT2D eigenvalue weighted by atomic mass is 32.2. The molecule has 2 amide bonds. The molecular weight excluding hydrogens is 413 g/mol. The average Bonchev–Trinajstić information content (AvgIpc) is 3.42. The lowest BCUT2D eigenvalue weighted by Crippen LogP contribution is -2.36. The first-order valence-electron chi connectivity index (χ1n) is 8.70. The molecule has 3 N–H and O–H groups in total. The number of carbonyl (C=O) groups is 2. The van der Waals surface area contributed by atoms with E-state index >= 15 is 0 Å². The van der Waals surface area contributed by atoms with Gasteiger partial charge in [-0.15, -0.1) is 11.3 Å². The Kier molecular flexibility index (Phi) is 4.21. The van der Waals surface area contributed by atoms with Crippen molar-refractivity contribution in [1.82, 2.24) is 4.98 Å². The van der Waals surface area contributed by atoms with E-state index in [1.165, 1.54) is 35.2 Å².